The molecule has 2 rings (SSSR count). The molecule has 2 fully saturated rings. The summed E-state index contributed by atoms with van der Waals surface area (Å²) in [5.74, 6) is -1.06. The van der Waals surface area contributed by atoms with E-state index in [1.165, 1.54) is 0 Å². The first-order valence-corrected chi connectivity index (χ1v) is 6.10. The average Bonchev–Trinajstić information content (AvgIpc) is 2.86. The fourth-order valence-corrected chi connectivity index (χ4v) is 2.57. The van der Waals surface area contributed by atoms with E-state index in [2.05, 4.69) is 5.32 Å². The Morgan fingerprint density at radius 1 is 1.29 bits per heavy atom. The number of likely N-dealkylation sites (tertiary alicyclic amines) is 1. The maximum absolute atomic E-state index is 11.8. The number of hydrogen-bond acceptors (Lipinski definition) is 3. The molecule has 1 heterocycles. The molecule has 17 heavy (non-hydrogen) atoms. The lowest BCUT2D eigenvalue weighted by Crippen LogP contribution is -2.44. The largest absolute Gasteiger partial charge is 0.481 e. The fraction of sp³-hybridized carbons (Fsp3) is 0.818. The molecule has 1 saturated carbocycles. The third-order valence-electron chi connectivity index (χ3n) is 3.62. The van der Waals surface area contributed by atoms with Crippen LogP contribution in [-0.2, 0) is 4.79 Å². The number of nitrogens with zero attached hydrogens (tertiary/aromatic N) is 1. The molecule has 0 aromatic carbocycles. The summed E-state index contributed by atoms with van der Waals surface area (Å²) in [7, 11) is 0. The molecule has 0 spiro atoms. The number of rotatable bonds is 2. The van der Waals surface area contributed by atoms with E-state index in [9.17, 15) is 9.59 Å². The van der Waals surface area contributed by atoms with E-state index < -0.39 is 5.97 Å². The van der Waals surface area contributed by atoms with Gasteiger partial charge in [-0.15, -0.1) is 0 Å². The van der Waals surface area contributed by atoms with Gasteiger partial charge >= 0.3 is 12.0 Å². The third kappa shape index (κ3) is 2.88. The van der Waals surface area contributed by atoms with Crippen LogP contribution < -0.4 is 11.1 Å². The predicted octanol–water partition coefficient (Wildman–Crippen LogP) is -0.0177. The highest BCUT2D eigenvalue weighted by atomic mass is 16.4. The number of urea groups is 1. The van der Waals surface area contributed by atoms with Gasteiger partial charge < -0.3 is 21.1 Å². The summed E-state index contributed by atoms with van der Waals surface area (Å²) in [6, 6.07) is -0.0227. The van der Waals surface area contributed by atoms with E-state index in [0.29, 0.717) is 25.9 Å². The number of hydrogen-bond donors (Lipinski definition) is 3. The molecular formula is C11H19N3O3. The molecule has 0 aromatic rings. The monoisotopic (exact) mass is 241 g/mol. The second kappa shape index (κ2) is 4.91. The summed E-state index contributed by atoms with van der Waals surface area (Å²) in [5.41, 5.74) is 5.73. The molecule has 96 valence electrons. The normalized spacial score (nSPS) is 32.8. The Labute approximate surface area is 100 Å². The lowest BCUT2D eigenvalue weighted by atomic mass is 10.1. The van der Waals surface area contributed by atoms with Crippen molar-refractivity contribution in [1.29, 1.82) is 0 Å². The molecule has 4 N–H and O–H groups in total. The Bertz CT molecular complexity index is 321. The van der Waals surface area contributed by atoms with Crippen LogP contribution in [0.3, 0.4) is 0 Å². The zero-order valence-corrected chi connectivity index (χ0v) is 9.76. The zero-order chi connectivity index (χ0) is 12.4. The van der Waals surface area contributed by atoms with Gasteiger partial charge in [0.1, 0.15) is 0 Å². The van der Waals surface area contributed by atoms with E-state index in [4.69, 9.17) is 10.8 Å². The van der Waals surface area contributed by atoms with Crippen LogP contribution in [0.2, 0.25) is 0 Å². The van der Waals surface area contributed by atoms with Gasteiger partial charge in [-0.2, -0.15) is 0 Å². The average molecular weight is 241 g/mol. The Kier molecular flexibility index (Phi) is 3.51. The number of nitrogens with one attached hydrogen (secondary N) is 1. The predicted molar refractivity (Wildman–Crippen MR) is 61.5 cm³/mol. The minimum absolute atomic E-state index is 0.000393. The Balaban J connectivity index is 1.78. The van der Waals surface area contributed by atoms with Gasteiger partial charge in [0.25, 0.3) is 0 Å². The molecule has 0 bridgehead atoms. The highest BCUT2D eigenvalue weighted by molar-refractivity contribution is 5.75. The van der Waals surface area contributed by atoms with Crippen molar-refractivity contribution < 1.29 is 14.7 Å². The Hall–Kier alpha value is -1.30. The summed E-state index contributed by atoms with van der Waals surface area (Å²) < 4.78 is 0. The number of carboxylic acids is 1. The minimum Gasteiger partial charge on any atom is -0.481 e. The van der Waals surface area contributed by atoms with Gasteiger partial charge in [0.05, 0.1) is 5.92 Å². The van der Waals surface area contributed by atoms with Crippen molar-refractivity contribution >= 4 is 12.0 Å². The van der Waals surface area contributed by atoms with Crippen LogP contribution in [0.4, 0.5) is 4.79 Å². The van der Waals surface area contributed by atoms with Crippen molar-refractivity contribution in [3.8, 4) is 0 Å². The number of amides is 2. The topological polar surface area (TPSA) is 95.7 Å². The van der Waals surface area contributed by atoms with Gasteiger partial charge in [-0.25, -0.2) is 4.79 Å². The van der Waals surface area contributed by atoms with E-state index >= 15 is 0 Å². The standard InChI is InChI=1S/C11H19N3O3/c12-8-3-4-14(6-8)11(17)13-9-2-1-7(5-9)10(15)16/h7-9H,1-6,12H2,(H,13,17)(H,15,16)/t7-,8?,9+/m1/s1. The van der Waals surface area contributed by atoms with Crippen molar-refractivity contribution in [2.45, 2.75) is 37.8 Å². The first-order valence-electron chi connectivity index (χ1n) is 6.10. The molecule has 0 radical (unpaired) electrons. The number of aliphatic carboxylic acids is 1. The second-order valence-electron chi connectivity index (χ2n) is 4.99. The third-order valence-corrected chi connectivity index (χ3v) is 3.62. The van der Waals surface area contributed by atoms with Crippen LogP contribution >= 0.6 is 0 Å². The molecule has 6 nitrogen and oxygen atoms in total. The zero-order valence-electron chi connectivity index (χ0n) is 9.76. The van der Waals surface area contributed by atoms with Crippen LogP contribution in [0, 0.1) is 5.92 Å². The molecule has 0 aromatic heterocycles. The molecule has 1 saturated heterocycles. The van der Waals surface area contributed by atoms with Gasteiger partial charge in [-0.05, 0) is 25.7 Å². The quantitative estimate of drug-likeness (QED) is 0.633. The molecule has 3 atom stereocenters. The van der Waals surface area contributed by atoms with Gasteiger partial charge in [0.2, 0.25) is 0 Å². The summed E-state index contributed by atoms with van der Waals surface area (Å²) in [5, 5.41) is 11.8. The molecule has 1 aliphatic carbocycles. The van der Waals surface area contributed by atoms with Crippen molar-refractivity contribution in [3.63, 3.8) is 0 Å². The van der Waals surface area contributed by atoms with Crippen molar-refractivity contribution in [1.82, 2.24) is 10.2 Å². The SMILES string of the molecule is NC1CCN(C(=O)N[C@H]2CC[C@@H](C(=O)O)C2)C1. The van der Waals surface area contributed by atoms with Crippen LogP contribution in [-0.4, -0.2) is 47.2 Å². The van der Waals surface area contributed by atoms with Gasteiger partial charge in [-0.1, -0.05) is 0 Å². The first kappa shape index (κ1) is 12.2. The van der Waals surface area contributed by atoms with Crippen LogP contribution in [0.15, 0.2) is 0 Å². The number of carboxylic acid groups (broad SMARTS) is 1. The van der Waals surface area contributed by atoms with Crippen LogP contribution in [0.1, 0.15) is 25.7 Å². The van der Waals surface area contributed by atoms with Crippen LogP contribution in [0.5, 0.6) is 0 Å². The molecule has 1 unspecified atom stereocenters. The van der Waals surface area contributed by atoms with Crippen molar-refractivity contribution in [2.75, 3.05) is 13.1 Å². The molecule has 2 amide bonds. The Morgan fingerprint density at radius 2 is 2.06 bits per heavy atom. The molecular weight excluding hydrogens is 222 g/mol. The number of carbonyl (C=O) groups excluding carboxylic acids is 1. The maximum atomic E-state index is 11.8. The lowest BCUT2D eigenvalue weighted by Gasteiger charge is -2.20. The van der Waals surface area contributed by atoms with E-state index in [-0.39, 0.29) is 24.0 Å². The highest BCUT2D eigenvalue weighted by Gasteiger charge is 2.32. The van der Waals surface area contributed by atoms with Gasteiger partial charge in [0, 0.05) is 25.2 Å². The summed E-state index contributed by atoms with van der Waals surface area (Å²) >= 11 is 0. The maximum Gasteiger partial charge on any atom is 0.317 e. The number of nitrogens with two attached hydrogens (primary N) is 1. The van der Waals surface area contributed by atoms with Gasteiger partial charge in [0.15, 0.2) is 0 Å². The van der Waals surface area contributed by atoms with Gasteiger partial charge in [-0.3, -0.25) is 4.79 Å². The van der Waals surface area contributed by atoms with E-state index in [1.807, 2.05) is 0 Å². The molecule has 2 aliphatic rings. The van der Waals surface area contributed by atoms with Crippen molar-refractivity contribution in [3.05, 3.63) is 0 Å². The van der Waals surface area contributed by atoms with Crippen LogP contribution in [0.25, 0.3) is 0 Å². The molecule has 1 aliphatic heterocycles. The minimum atomic E-state index is -0.759. The molecule has 6 heteroatoms. The highest BCUT2D eigenvalue weighted by Crippen LogP contribution is 2.25. The number of carbonyl (C=O) groups is 2. The summed E-state index contributed by atoms with van der Waals surface area (Å²) in [6.07, 6.45) is 2.79. The van der Waals surface area contributed by atoms with Crippen molar-refractivity contribution in [2.24, 2.45) is 11.7 Å². The second-order valence-corrected chi connectivity index (χ2v) is 4.99. The smallest absolute Gasteiger partial charge is 0.317 e. The Morgan fingerprint density at radius 3 is 2.59 bits per heavy atom. The fourth-order valence-electron chi connectivity index (χ4n) is 2.57. The lowest BCUT2D eigenvalue weighted by molar-refractivity contribution is -0.141. The summed E-state index contributed by atoms with van der Waals surface area (Å²) in [6.45, 7) is 1.29. The summed E-state index contributed by atoms with van der Waals surface area (Å²) in [4.78, 5) is 24.3. The van der Waals surface area contributed by atoms with E-state index in [1.54, 1.807) is 4.90 Å². The van der Waals surface area contributed by atoms with E-state index in [0.717, 1.165) is 12.8 Å². The first-order chi connectivity index (χ1) is 8.06.